The van der Waals surface area contributed by atoms with Crippen molar-refractivity contribution in [2.45, 2.75) is 51.8 Å². The Bertz CT molecular complexity index is 482. The van der Waals surface area contributed by atoms with Gasteiger partial charge in [-0.25, -0.2) is 4.79 Å². The third-order valence-corrected chi connectivity index (χ3v) is 3.85. The third kappa shape index (κ3) is 5.50. The molecule has 1 N–H and O–H groups in total. The summed E-state index contributed by atoms with van der Waals surface area (Å²) >= 11 is 2.16. The van der Waals surface area contributed by atoms with Crippen LogP contribution >= 0.6 is 22.6 Å². The standard InChI is InChI=1S/C15H23IN2O3/c1-15(2,3)21-14(19)18-8-4-5-11(10-18)17-9-12-6-7-13(16)20-12/h6-7,11,17H,4-5,8-10H2,1-3H3. The van der Waals surface area contributed by atoms with Gasteiger partial charge in [0.2, 0.25) is 0 Å². The average molecular weight is 406 g/mol. The highest BCUT2D eigenvalue weighted by Gasteiger charge is 2.27. The van der Waals surface area contributed by atoms with Crippen LogP contribution in [-0.4, -0.2) is 35.7 Å². The van der Waals surface area contributed by atoms with E-state index >= 15 is 0 Å². The molecule has 6 heteroatoms. The molecule has 0 radical (unpaired) electrons. The Morgan fingerprint density at radius 2 is 2.29 bits per heavy atom. The maximum atomic E-state index is 12.1. The Labute approximate surface area is 139 Å². The number of ether oxygens (including phenoxy) is 1. The van der Waals surface area contributed by atoms with Crippen LogP contribution in [0.2, 0.25) is 0 Å². The Morgan fingerprint density at radius 1 is 1.52 bits per heavy atom. The number of furan rings is 1. The minimum Gasteiger partial charge on any atom is -0.454 e. The number of carbonyl (C=O) groups is 1. The zero-order valence-electron chi connectivity index (χ0n) is 12.8. The van der Waals surface area contributed by atoms with E-state index in [0.717, 1.165) is 28.9 Å². The zero-order valence-corrected chi connectivity index (χ0v) is 15.0. The number of hydrogen-bond donors (Lipinski definition) is 1. The Morgan fingerprint density at radius 3 is 2.90 bits per heavy atom. The summed E-state index contributed by atoms with van der Waals surface area (Å²) in [6.45, 7) is 7.82. The normalized spacial score (nSPS) is 19.6. The molecule has 0 bridgehead atoms. The van der Waals surface area contributed by atoms with Crippen molar-refractivity contribution in [2.75, 3.05) is 13.1 Å². The van der Waals surface area contributed by atoms with Crippen LogP contribution in [0, 0.1) is 3.77 Å². The summed E-state index contributed by atoms with van der Waals surface area (Å²) in [6, 6.07) is 4.21. The summed E-state index contributed by atoms with van der Waals surface area (Å²) in [5, 5.41) is 3.45. The molecule has 2 heterocycles. The first kappa shape index (κ1) is 16.6. The Hall–Kier alpha value is -0.760. The average Bonchev–Trinajstić information content (AvgIpc) is 2.81. The van der Waals surface area contributed by atoms with E-state index in [0.29, 0.717) is 13.1 Å². The number of halogens is 1. The van der Waals surface area contributed by atoms with Gasteiger partial charge in [0, 0.05) is 19.1 Å². The van der Waals surface area contributed by atoms with Gasteiger partial charge in [0.15, 0.2) is 3.77 Å². The van der Waals surface area contributed by atoms with Gasteiger partial charge in [0.25, 0.3) is 0 Å². The van der Waals surface area contributed by atoms with Crippen molar-refractivity contribution in [2.24, 2.45) is 0 Å². The summed E-state index contributed by atoms with van der Waals surface area (Å²) < 4.78 is 11.9. The van der Waals surface area contributed by atoms with Crippen LogP contribution in [0.15, 0.2) is 16.5 Å². The molecule has 1 fully saturated rings. The van der Waals surface area contributed by atoms with E-state index in [1.807, 2.05) is 32.9 Å². The predicted molar refractivity (Wildman–Crippen MR) is 89.1 cm³/mol. The molecule has 0 spiro atoms. The largest absolute Gasteiger partial charge is 0.454 e. The lowest BCUT2D eigenvalue weighted by Gasteiger charge is -2.34. The molecule has 2 rings (SSSR count). The Balaban J connectivity index is 1.81. The van der Waals surface area contributed by atoms with Gasteiger partial charge in [0.1, 0.15) is 11.4 Å². The predicted octanol–water partition coefficient (Wildman–Crippen LogP) is 3.37. The minimum atomic E-state index is -0.442. The topological polar surface area (TPSA) is 54.7 Å². The van der Waals surface area contributed by atoms with Crippen molar-refractivity contribution in [3.05, 3.63) is 21.7 Å². The van der Waals surface area contributed by atoms with Crippen molar-refractivity contribution in [1.82, 2.24) is 10.2 Å². The summed E-state index contributed by atoms with van der Waals surface area (Å²) in [5.74, 6) is 0.925. The molecule has 1 saturated heterocycles. The molecular weight excluding hydrogens is 383 g/mol. The van der Waals surface area contributed by atoms with E-state index in [1.54, 1.807) is 4.90 Å². The van der Waals surface area contributed by atoms with E-state index in [1.165, 1.54) is 0 Å². The number of piperidine rings is 1. The van der Waals surface area contributed by atoms with Crippen LogP contribution in [0.3, 0.4) is 0 Å². The molecule has 0 saturated carbocycles. The Kier molecular flexibility index (Phi) is 5.54. The lowest BCUT2D eigenvalue weighted by Crippen LogP contribution is -2.49. The second kappa shape index (κ2) is 7.00. The van der Waals surface area contributed by atoms with Crippen molar-refractivity contribution >= 4 is 28.7 Å². The fourth-order valence-corrected chi connectivity index (χ4v) is 2.79. The van der Waals surface area contributed by atoms with Crippen LogP contribution in [-0.2, 0) is 11.3 Å². The first-order chi connectivity index (χ1) is 9.83. The lowest BCUT2D eigenvalue weighted by molar-refractivity contribution is 0.0186. The van der Waals surface area contributed by atoms with Gasteiger partial charge < -0.3 is 19.4 Å². The van der Waals surface area contributed by atoms with Crippen molar-refractivity contribution in [3.8, 4) is 0 Å². The molecule has 0 aromatic carbocycles. The van der Waals surface area contributed by atoms with Gasteiger partial charge in [-0.15, -0.1) is 0 Å². The molecule has 1 atom stereocenters. The quantitative estimate of drug-likeness (QED) is 0.783. The summed E-state index contributed by atoms with van der Waals surface area (Å²) in [5.41, 5.74) is -0.442. The molecule has 1 aliphatic heterocycles. The van der Waals surface area contributed by atoms with Crippen molar-refractivity contribution in [3.63, 3.8) is 0 Å². The van der Waals surface area contributed by atoms with Crippen LogP contribution in [0.4, 0.5) is 4.79 Å². The molecule has 5 nitrogen and oxygen atoms in total. The van der Waals surface area contributed by atoms with Gasteiger partial charge in [0.05, 0.1) is 6.54 Å². The number of hydrogen-bond acceptors (Lipinski definition) is 4. The van der Waals surface area contributed by atoms with E-state index in [9.17, 15) is 4.79 Å². The molecule has 21 heavy (non-hydrogen) atoms. The van der Waals surface area contributed by atoms with Gasteiger partial charge in [-0.3, -0.25) is 0 Å². The van der Waals surface area contributed by atoms with Gasteiger partial charge >= 0.3 is 6.09 Å². The highest BCUT2D eigenvalue weighted by Crippen LogP contribution is 2.16. The van der Waals surface area contributed by atoms with Gasteiger partial charge in [-0.05, 0) is 68.3 Å². The second-order valence-corrected chi connectivity index (χ2v) is 7.42. The van der Waals surface area contributed by atoms with Gasteiger partial charge in [-0.2, -0.15) is 0 Å². The van der Waals surface area contributed by atoms with Crippen LogP contribution in [0.25, 0.3) is 0 Å². The maximum absolute atomic E-state index is 12.1. The third-order valence-electron chi connectivity index (χ3n) is 3.27. The molecule has 1 aromatic rings. The molecule has 1 aliphatic rings. The second-order valence-electron chi connectivity index (χ2n) is 6.35. The number of nitrogens with one attached hydrogen (secondary N) is 1. The van der Waals surface area contributed by atoms with E-state index in [-0.39, 0.29) is 12.1 Å². The van der Waals surface area contributed by atoms with E-state index < -0.39 is 5.60 Å². The number of likely N-dealkylation sites (tertiary alicyclic amines) is 1. The molecule has 0 aliphatic carbocycles. The van der Waals surface area contributed by atoms with Crippen LogP contribution < -0.4 is 5.32 Å². The van der Waals surface area contributed by atoms with Crippen LogP contribution in [0.1, 0.15) is 39.4 Å². The first-order valence-corrected chi connectivity index (χ1v) is 8.37. The monoisotopic (exact) mass is 406 g/mol. The van der Waals surface area contributed by atoms with Crippen LogP contribution in [0.5, 0.6) is 0 Å². The molecule has 1 amide bonds. The summed E-state index contributed by atoms with van der Waals surface area (Å²) in [4.78, 5) is 13.9. The number of amides is 1. The number of nitrogens with zero attached hydrogens (tertiary/aromatic N) is 1. The first-order valence-electron chi connectivity index (χ1n) is 7.29. The lowest BCUT2D eigenvalue weighted by atomic mass is 10.1. The highest BCUT2D eigenvalue weighted by molar-refractivity contribution is 14.1. The number of carbonyl (C=O) groups excluding carboxylic acids is 1. The molecule has 118 valence electrons. The summed E-state index contributed by atoms with van der Waals surface area (Å²) in [6.07, 6.45) is 1.84. The minimum absolute atomic E-state index is 0.221. The fourth-order valence-electron chi connectivity index (χ4n) is 2.33. The van der Waals surface area contributed by atoms with Crippen molar-refractivity contribution < 1.29 is 13.9 Å². The zero-order chi connectivity index (χ0) is 15.5. The summed E-state index contributed by atoms with van der Waals surface area (Å²) in [7, 11) is 0. The molecule has 1 aromatic heterocycles. The van der Waals surface area contributed by atoms with E-state index in [4.69, 9.17) is 9.15 Å². The SMILES string of the molecule is CC(C)(C)OC(=O)N1CCCC(NCc2ccc(I)o2)C1. The number of rotatable bonds is 3. The maximum Gasteiger partial charge on any atom is 0.410 e. The fraction of sp³-hybridized carbons (Fsp3) is 0.667. The smallest absolute Gasteiger partial charge is 0.410 e. The molecular formula is C15H23IN2O3. The van der Waals surface area contributed by atoms with Gasteiger partial charge in [-0.1, -0.05) is 0 Å². The molecule has 1 unspecified atom stereocenters. The highest BCUT2D eigenvalue weighted by atomic mass is 127. The van der Waals surface area contributed by atoms with Crippen molar-refractivity contribution in [1.29, 1.82) is 0 Å². The van der Waals surface area contributed by atoms with E-state index in [2.05, 4.69) is 27.9 Å².